The van der Waals surface area contributed by atoms with Crippen LogP contribution in [0, 0.1) is 12.8 Å². The largest absolute Gasteiger partial charge is 0.352 e. The Bertz CT molecular complexity index is 401. The van der Waals surface area contributed by atoms with Crippen molar-refractivity contribution in [2.75, 3.05) is 0 Å². The van der Waals surface area contributed by atoms with Gasteiger partial charge in [-0.05, 0) is 42.9 Å². The van der Waals surface area contributed by atoms with Crippen LogP contribution in [0.1, 0.15) is 30.4 Å². The minimum Gasteiger partial charge on any atom is -0.352 e. The SMILES string of the molecule is Cc1cnccc1CNC(=O)CC(N)C1CC1. The van der Waals surface area contributed by atoms with Crippen LogP contribution in [0.25, 0.3) is 0 Å². The molecule has 1 fully saturated rings. The van der Waals surface area contributed by atoms with Gasteiger partial charge in [-0.15, -0.1) is 0 Å². The maximum atomic E-state index is 11.7. The van der Waals surface area contributed by atoms with Gasteiger partial charge in [-0.3, -0.25) is 9.78 Å². The fraction of sp³-hybridized carbons (Fsp3) is 0.538. The van der Waals surface area contributed by atoms with E-state index in [4.69, 9.17) is 5.73 Å². The molecule has 1 atom stereocenters. The lowest BCUT2D eigenvalue weighted by atomic mass is 10.1. The molecular formula is C13H19N3O. The van der Waals surface area contributed by atoms with Gasteiger partial charge in [0.25, 0.3) is 0 Å². The van der Waals surface area contributed by atoms with Gasteiger partial charge in [-0.1, -0.05) is 0 Å². The quantitative estimate of drug-likeness (QED) is 0.801. The van der Waals surface area contributed by atoms with Crippen LogP contribution in [0.5, 0.6) is 0 Å². The number of amides is 1. The number of nitrogens with two attached hydrogens (primary N) is 1. The predicted molar refractivity (Wildman–Crippen MR) is 66.1 cm³/mol. The molecule has 1 heterocycles. The van der Waals surface area contributed by atoms with Gasteiger partial charge in [0.05, 0.1) is 0 Å². The molecule has 1 aliphatic carbocycles. The lowest BCUT2D eigenvalue weighted by Gasteiger charge is -2.11. The summed E-state index contributed by atoms with van der Waals surface area (Å²) >= 11 is 0. The Morgan fingerprint density at radius 3 is 3.06 bits per heavy atom. The summed E-state index contributed by atoms with van der Waals surface area (Å²) in [5.41, 5.74) is 8.11. The number of nitrogens with zero attached hydrogens (tertiary/aromatic N) is 1. The van der Waals surface area contributed by atoms with Crippen molar-refractivity contribution in [3.05, 3.63) is 29.6 Å². The fourth-order valence-corrected chi connectivity index (χ4v) is 1.87. The number of pyridine rings is 1. The number of carbonyl (C=O) groups is 1. The molecule has 0 aromatic carbocycles. The molecule has 1 saturated carbocycles. The highest BCUT2D eigenvalue weighted by atomic mass is 16.1. The van der Waals surface area contributed by atoms with Crippen molar-refractivity contribution < 1.29 is 4.79 Å². The van der Waals surface area contributed by atoms with Crippen LogP contribution < -0.4 is 11.1 Å². The average molecular weight is 233 g/mol. The summed E-state index contributed by atoms with van der Waals surface area (Å²) in [5, 5.41) is 2.91. The van der Waals surface area contributed by atoms with E-state index in [1.807, 2.05) is 13.0 Å². The second kappa shape index (κ2) is 5.27. The molecule has 1 amide bonds. The molecule has 0 spiro atoms. The van der Waals surface area contributed by atoms with E-state index in [9.17, 15) is 4.79 Å². The van der Waals surface area contributed by atoms with Gasteiger partial charge in [0.1, 0.15) is 0 Å². The molecule has 3 N–H and O–H groups in total. The molecule has 0 aliphatic heterocycles. The van der Waals surface area contributed by atoms with Gasteiger partial charge < -0.3 is 11.1 Å². The highest BCUT2D eigenvalue weighted by Gasteiger charge is 2.29. The Labute approximate surface area is 102 Å². The van der Waals surface area contributed by atoms with Gasteiger partial charge in [0, 0.05) is 31.4 Å². The first-order chi connectivity index (χ1) is 8.16. The molecule has 4 heteroatoms. The summed E-state index contributed by atoms with van der Waals surface area (Å²) in [4.78, 5) is 15.7. The molecule has 1 aliphatic rings. The van der Waals surface area contributed by atoms with Crippen molar-refractivity contribution in [2.24, 2.45) is 11.7 Å². The summed E-state index contributed by atoms with van der Waals surface area (Å²) in [6, 6.07) is 1.96. The fourth-order valence-electron chi connectivity index (χ4n) is 1.87. The number of aryl methyl sites for hydroxylation is 1. The molecule has 1 unspecified atom stereocenters. The van der Waals surface area contributed by atoms with Crippen LogP contribution >= 0.6 is 0 Å². The number of nitrogens with one attached hydrogen (secondary N) is 1. The lowest BCUT2D eigenvalue weighted by Crippen LogP contribution is -2.32. The highest BCUT2D eigenvalue weighted by molar-refractivity contribution is 5.76. The Balaban J connectivity index is 1.77. The third-order valence-electron chi connectivity index (χ3n) is 3.26. The lowest BCUT2D eigenvalue weighted by molar-refractivity contribution is -0.121. The van der Waals surface area contributed by atoms with E-state index in [0.29, 0.717) is 18.9 Å². The number of carbonyl (C=O) groups excluding carboxylic acids is 1. The number of aromatic nitrogens is 1. The molecular weight excluding hydrogens is 214 g/mol. The highest BCUT2D eigenvalue weighted by Crippen LogP contribution is 2.32. The van der Waals surface area contributed by atoms with Gasteiger partial charge >= 0.3 is 0 Å². The third kappa shape index (κ3) is 3.53. The first-order valence-corrected chi connectivity index (χ1v) is 6.08. The molecule has 2 rings (SSSR count). The maximum Gasteiger partial charge on any atom is 0.221 e. The van der Waals surface area contributed by atoms with Gasteiger partial charge in [-0.25, -0.2) is 0 Å². The molecule has 0 bridgehead atoms. The van der Waals surface area contributed by atoms with E-state index in [-0.39, 0.29) is 11.9 Å². The summed E-state index contributed by atoms with van der Waals surface area (Å²) in [6.07, 6.45) is 6.34. The molecule has 17 heavy (non-hydrogen) atoms. The van der Waals surface area contributed by atoms with Crippen LogP contribution in [-0.4, -0.2) is 16.9 Å². The van der Waals surface area contributed by atoms with E-state index < -0.39 is 0 Å². The molecule has 1 aromatic heterocycles. The minimum absolute atomic E-state index is 0.0357. The predicted octanol–water partition coefficient (Wildman–Crippen LogP) is 1.13. The Hall–Kier alpha value is -1.42. The third-order valence-corrected chi connectivity index (χ3v) is 3.26. The standard InChI is InChI=1S/C13H19N3O/c1-9-7-15-5-4-11(9)8-16-13(17)6-12(14)10-2-3-10/h4-5,7,10,12H,2-3,6,8,14H2,1H3,(H,16,17). The molecule has 92 valence electrons. The van der Waals surface area contributed by atoms with Gasteiger partial charge in [-0.2, -0.15) is 0 Å². The van der Waals surface area contributed by atoms with Crippen LogP contribution in [0.3, 0.4) is 0 Å². The average Bonchev–Trinajstić information content (AvgIpc) is 3.11. The van der Waals surface area contributed by atoms with Crippen molar-refractivity contribution in [2.45, 2.75) is 38.8 Å². The zero-order chi connectivity index (χ0) is 12.3. The second-order valence-electron chi connectivity index (χ2n) is 4.78. The van der Waals surface area contributed by atoms with Crippen LogP contribution in [0.2, 0.25) is 0 Å². The van der Waals surface area contributed by atoms with Crippen LogP contribution in [0.4, 0.5) is 0 Å². The van der Waals surface area contributed by atoms with Crippen LogP contribution in [0.15, 0.2) is 18.5 Å². The van der Waals surface area contributed by atoms with Crippen molar-refractivity contribution in [3.8, 4) is 0 Å². The molecule has 4 nitrogen and oxygen atoms in total. The zero-order valence-corrected chi connectivity index (χ0v) is 10.1. The maximum absolute atomic E-state index is 11.7. The second-order valence-corrected chi connectivity index (χ2v) is 4.78. The number of hydrogen-bond donors (Lipinski definition) is 2. The normalized spacial score (nSPS) is 16.6. The molecule has 0 saturated heterocycles. The Morgan fingerprint density at radius 1 is 1.65 bits per heavy atom. The van der Waals surface area contributed by atoms with Crippen molar-refractivity contribution in [3.63, 3.8) is 0 Å². The smallest absolute Gasteiger partial charge is 0.221 e. The number of hydrogen-bond acceptors (Lipinski definition) is 3. The van der Waals surface area contributed by atoms with E-state index >= 15 is 0 Å². The van der Waals surface area contributed by atoms with E-state index in [0.717, 1.165) is 11.1 Å². The van der Waals surface area contributed by atoms with Crippen molar-refractivity contribution in [1.29, 1.82) is 0 Å². The van der Waals surface area contributed by atoms with E-state index in [1.165, 1.54) is 12.8 Å². The van der Waals surface area contributed by atoms with E-state index in [2.05, 4.69) is 10.3 Å². The minimum atomic E-state index is 0.0357. The summed E-state index contributed by atoms with van der Waals surface area (Å²) in [7, 11) is 0. The number of rotatable bonds is 5. The van der Waals surface area contributed by atoms with Crippen LogP contribution in [-0.2, 0) is 11.3 Å². The first-order valence-electron chi connectivity index (χ1n) is 6.08. The zero-order valence-electron chi connectivity index (χ0n) is 10.1. The van der Waals surface area contributed by atoms with Gasteiger partial charge in [0.15, 0.2) is 0 Å². The topological polar surface area (TPSA) is 68.0 Å². The Kier molecular flexibility index (Phi) is 3.74. The monoisotopic (exact) mass is 233 g/mol. The Morgan fingerprint density at radius 2 is 2.41 bits per heavy atom. The van der Waals surface area contributed by atoms with Crippen molar-refractivity contribution >= 4 is 5.91 Å². The first kappa shape index (κ1) is 12.0. The van der Waals surface area contributed by atoms with E-state index in [1.54, 1.807) is 12.4 Å². The van der Waals surface area contributed by atoms with Crippen molar-refractivity contribution in [1.82, 2.24) is 10.3 Å². The summed E-state index contributed by atoms with van der Waals surface area (Å²) < 4.78 is 0. The molecule has 1 aromatic rings. The van der Waals surface area contributed by atoms with Gasteiger partial charge in [0.2, 0.25) is 5.91 Å². The molecule has 0 radical (unpaired) electrons. The summed E-state index contributed by atoms with van der Waals surface area (Å²) in [6.45, 7) is 2.55. The summed E-state index contributed by atoms with van der Waals surface area (Å²) in [5.74, 6) is 0.615.